The quantitative estimate of drug-likeness (QED) is 0.772. The van der Waals surface area contributed by atoms with Gasteiger partial charge in [-0.3, -0.25) is 4.79 Å². The standard InChI is InChI=1S/C18H30N2O3/c1-12(2)10-23-15-8-7-14(9-16(15)22-6)17(21)20-18(5,11-19)13(3)4/h7-9,12-13H,10-11,19H2,1-6H3,(H,20,21). The van der Waals surface area contributed by atoms with E-state index in [2.05, 4.69) is 19.2 Å². The van der Waals surface area contributed by atoms with Crippen molar-refractivity contribution in [2.24, 2.45) is 17.6 Å². The minimum Gasteiger partial charge on any atom is -0.493 e. The molecule has 0 radical (unpaired) electrons. The van der Waals surface area contributed by atoms with Crippen molar-refractivity contribution in [3.05, 3.63) is 23.8 Å². The van der Waals surface area contributed by atoms with Crippen LogP contribution in [0, 0.1) is 11.8 Å². The van der Waals surface area contributed by atoms with Crippen LogP contribution in [0.1, 0.15) is 45.0 Å². The van der Waals surface area contributed by atoms with Gasteiger partial charge in [-0.1, -0.05) is 27.7 Å². The van der Waals surface area contributed by atoms with E-state index in [1.807, 2.05) is 20.8 Å². The van der Waals surface area contributed by atoms with E-state index in [1.54, 1.807) is 25.3 Å². The number of carbonyl (C=O) groups excluding carboxylic acids is 1. The Morgan fingerprint density at radius 1 is 1.26 bits per heavy atom. The summed E-state index contributed by atoms with van der Waals surface area (Å²) in [5.41, 5.74) is 5.90. The predicted molar refractivity (Wildman–Crippen MR) is 93.1 cm³/mol. The number of amides is 1. The molecule has 0 aromatic heterocycles. The van der Waals surface area contributed by atoms with Crippen molar-refractivity contribution in [2.45, 2.75) is 40.2 Å². The molecule has 0 bridgehead atoms. The Morgan fingerprint density at radius 2 is 1.91 bits per heavy atom. The fourth-order valence-corrected chi connectivity index (χ4v) is 1.95. The third-order valence-electron chi connectivity index (χ3n) is 4.10. The lowest BCUT2D eigenvalue weighted by Gasteiger charge is -2.33. The first-order valence-electron chi connectivity index (χ1n) is 8.07. The van der Waals surface area contributed by atoms with Gasteiger partial charge in [0.05, 0.1) is 19.3 Å². The Bertz CT molecular complexity index is 529. The van der Waals surface area contributed by atoms with Gasteiger partial charge in [0.15, 0.2) is 11.5 Å². The minimum atomic E-state index is -0.447. The Balaban J connectivity index is 2.94. The van der Waals surface area contributed by atoms with Gasteiger partial charge in [0, 0.05) is 12.1 Å². The molecule has 1 atom stereocenters. The zero-order chi connectivity index (χ0) is 17.6. The van der Waals surface area contributed by atoms with Crippen molar-refractivity contribution in [1.29, 1.82) is 0 Å². The molecule has 0 saturated heterocycles. The lowest BCUT2D eigenvalue weighted by molar-refractivity contribution is 0.0882. The largest absolute Gasteiger partial charge is 0.493 e. The fraction of sp³-hybridized carbons (Fsp3) is 0.611. The van der Waals surface area contributed by atoms with Gasteiger partial charge in [-0.15, -0.1) is 0 Å². The summed E-state index contributed by atoms with van der Waals surface area (Å²) in [6, 6.07) is 5.21. The topological polar surface area (TPSA) is 73.6 Å². The molecule has 3 N–H and O–H groups in total. The summed E-state index contributed by atoms with van der Waals surface area (Å²) in [5, 5.41) is 3.02. The number of rotatable bonds is 8. The van der Waals surface area contributed by atoms with Crippen LogP contribution in [-0.2, 0) is 0 Å². The molecule has 1 amide bonds. The van der Waals surface area contributed by atoms with Crippen LogP contribution in [0.15, 0.2) is 18.2 Å². The third kappa shape index (κ3) is 5.13. The van der Waals surface area contributed by atoms with Gasteiger partial charge in [-0.05, 0) is 37.0 Å². The van der Waals surface area contributed by atoms with Gasteiger partial charge in [0.1, 0.15) is 0 Å². The van der Waals surface area contributed by atoms with Crippen LogP contribution in [0.3, 0.4) is 0 Å². The molecule has 23 heavy (non-hydrogen) atoms. The monoisotopic (exact) mass is 322 g/mol. The Hall–Kier alpha value is -1.75. The molecule has 5 heteroatoms. The highest BCUT2D eigenvalue weighted by molar-refractivity contribution is 5.95. The maximum atomic E-state index is 12.5. The highest BCUT2D eigenvalue weighted by Gasteiger charge is 2.29. The van der Waals surface area contributed by atoms with Crippen molar-refractivity contribution in [2.75, 3.05) is 20.3 Å². The first-order chi connectivity index (χ1) is 10.7. The van der Waals surface area contributed by atoms with Crippen LogP contribution in [0.5, 0.6) is 11.5 Å². The number of methoxy groups -OCH3 is 1. The second kappa shape index (κ2) is 8.20. The van der Waals surface area contributed by atoms with Crippen LogP contribution >= 0.6 is 0 Å². The van der Waals surface area contributed by atoms with Crippen molar-refractivity contribution in [3.8, 4) is 11.5 Å². The summed E-state index contributed by atoms with van der Waals surface area (Å²) in [6.07, 6.45) is 0. The van der Waals surface area contributed by atoms with Crippen molar-refractivity contribution < 1.29 is 14.3 Å². The predicted octanol–water partition coefficient (Wildman–Crippen LogP) is 2.83. The number of benzene rings is 1. The maximum Gasteiger partial charge on any atom is 0.251 e. The van der Waals surface area contributed by atoms with E-state index in [9.17, 15) is 4.79 Å². The van der Waals surface area contributed by atoms with E-state index in [1.165, 1.54) is 0 Å². The van der Waals surface area contributed by atoms with E-state index in [4.69, 9.17) is 15.2 Å². The van der Waals surface area contributed by atoms with E-state index in [-0.39, 0.29) is 11.8 Å². The molecule has 1 unspecified atom stereocenters. The number of hydrogen-bond donors (Lipinski definition) is 2. The van der Waals surface area contributed by atoms with E-state index < -0.39 is 5.54 Å². The number of nitrogens with two attached hydrogens (primary N) is 1. The van der Waals surface area contributed by atoms with Crippen molar-refractivity contribution in [3.63, 3.8) is 0 Å². The Labute approximate surface area is 139 Å². The first kappa shape index (κ1) is 19.3. The lowest BCUT2D eigenvalue weighted by Crippen LogP contribution is -2.55. The molecule has 130 valence electrons. The van der Waals surface area contributed by atoms with Crippen molar-refractivity contribution >= 4 is 5.91 Å². The summed E-state index contributed by atoms with van der Waals surface area (Å²) in [5.74, 6) is 1.67. The van der Waals surface area contributed by atoms with Crippen molar-refractivity contribution in [1.82, 2.24) is 5.32 Å². The number of carbonyl (C=O) groups is 1. The maximum absolute atomic E-state index is 12.5. The summed E-state index contributed by atoms with van der Waals surface area (Å²) in [7, 11) is 1.57. The smallest absolute Gasteiger partial charge is 0.251 e. The van der Waals surface area contributed by atoms with E-state index >= 15 is 0 Å². The van der Waals surface area contributed by atoms with Crippen LogP contribution in [0.2, 0.25) is 0 Å². The molecule has 0 heterocycles. The van der Waals surface area contributed by atoms with Gasteiger partial charge in [0.25, 0.3) is 5.91 Å². The Kier molecular flexibility index (Phi) is 6.88. The van der Waals surface area contributed by atoms with Gasteiger partial charge in [0.2, 0.25) is 0 Å². The molecule has 0 aliphatic heterocycles. The molecule has 0 fully saturated rings. The van der Waals surface area contributed by atoms with Crippen LogP contribution in [0.25, 0.3) is 0 Å². The molecule has 5 nitrogen and oxygen atoms in total. The highest BCUT2D eigenvalue weighted by atomic mass is 16.5. The first-order valence-corrected chi connectivity index (χ1v) is 8.07. The second-order valence-electron chi connectivity index (χ2n) is 6.80. The van der Waals surface area contributed by atoms with E-state index in [0.29, 0.717) is 36.1 Å². The summed E-state index contributed by atoms with van der Waals surface area (Å²) < 4.78 is 11.1. The molecule has 0 aliphatic rings. The van der Waals surface area contributed by atoms with E-state index in [0.717, 1.165) is 0 Å². The van der Waals surface area contributed by atoms with Gasteiger partial charge in [-0.2, -0.15) is 0 Å². The normalized spacial score (nSPS) is 13.8. The zero-order valence-electron chi connectivity index (χ0n) is 15.1. The number of nitrogens with one attached hydrogen (secondary N) is 1. The lowest BCUT2D eigenvalue weighted by atomic mass is 9.88. The molecule has 1 aromatic rings. The average Bonchev–Trinajstić information content (AvgIpc) is 2.52. The molecular formula is C18H30N2O3. The minimum absolute atomic E-state index is 0.166. The summed E-state index contributed by atoms with van der Waals surface area (Å²) in [4.78, 5) is 12.5. The van der Waals surface area contributed by atoms with Gasteiger partial charge >= 0.3 is 0 Å². The molecular weight excluding hydrogens is 292 g/mol. The fourth-order valence-electron chi connectivity index (χ4n) is 1.95. The van der Waals surface area contributed by atoms with Gasteiger partial charge < -0.3 is 20.5 Å². The summed E-state index contributed by atoms with van der Waals surface area (Å²) >= 11 is 0. The summed E-state index contributed by atoms with van der Waals surface area (Å²) in [6.45, 7) is 11.2. The number of hydrogen-bond acceptors (Lipinski definition) is 4. The van der Waals surface area contributed by atoms with Crippen LogP contribution < -0.4 is 20.5 Å². The Morgan fingerprint density at radius 3 is 2.39 bits per heavy atom. The molecule has 0 aliphatic carbocycles. The number of ether oxygens (including phenoxy) is 2. The van der Waals surface area contributed by atoms with Gasteiger partial charge in [-0.25, -0.2) is 0 Å². The molecule has 1 aromatic carbocycles. The highest BCUT2D eigenvalue weighted by Crippen LogP contribution is 2.29. The molecule has 0 spiro atoms. The third-order valence-corrected chi connectivity index (χ3v) is 4.10. The molecule has 1 rings (SSSR count). The molecule has 0 saturated carbocycles. The second-order valence-corrected chi connectivity index (χ2v) is 6.80. The SMILES string of the molecule is COc1cc(C(=O)NC(C)(CN)C(C)C)ccc1OCC(C)C. The average molecular weight is 322 g/mol. The van der Waals surface area contributed by atoms with Crippen LogP contribution in [-0.4, -0.2) is 31.7 Å². The zero-order valence-corrected chi connectivity index (χ0v) is 15.1. The van der Waals surface area contributed by atoms with Crippen LogP contribution in [0.4, 0.5) is 0 Å².